The quantitative estimate of drug-likeness (QED) is 0.798. The van der Waals surface area contributed by atoms with E-state index in [1.54, 1.807) is 0 Å². The number of nitrogens with zero attached hydrogens (tertiary/aromatic N) is 2. The monoisotopic (exact) mass is 230 g/mol. The summed E-state index contributed by atoms with van der Waals surface area (Å²) in [4.78, 5) is 12.3. The van der Waals surface area contributed by atoms with Crippen LogP contribution in [0.3, 0.4) is 0 Å². The maximum atomic E-state index is 12.3. The standard InChI is InChI=1S/C14H18N2O/c1-10(2)9-16-13-5-3-4-11(13)8-12(6-7-15)14(16)17/h8,10H,3-6,9H2,1-2H3. The highest BCUT2D eigenvalue weighted by Gasteiger charge is 2.19. The Kier molecular flexibility index (Phi) is 3.33. The van der Waals surface area contributed by atoms with Gasteiger partial charge in [-0.2, -0.15) is 5.26 Å². The predicted molar refractivity (Wildman–Crippen MR) is 66.9 cm³/mol. The van der Waals surface area contributed by atoms with Crippen molar-refractivity contribution in [2.45, 2.75) is 46.1 Å². The third kappa shape index (κ3) is 2.26. The summed E-state index contributed by atoms with van der Waals surface area (Å²) in [5.74, 6) is 0.453. The van der Waals surface area contributed by atoms with Crippen molar-refractivity contribution in [1.82, 2.24) is 4.57 Å². The fourth-order valence-corrected chi connectivity index (χ4v) is 2.55. The van der Waals surface area contributed by atoms with Gasteiger partial charge < -0.3 is 4.57 Å². The van der Waals surface area contributed by atoms with E-state index >= 15 is 0 Å². The highest BCUT2D eigenvalue weighted by molar-refractivity contribution is 5.31. The van der Waals surface area contributed by atoms with E-state index in [4.69, 9.17) is 5.26 Å². The number of hydrogen-bond donors (Lipinski definition) is 0. The van der Waals surface area contributed by atoms with E-state index in [9.17, 15) is 4.79 Å². The predicted octanol–water partition coefficient (Wildman–Crippen LogP) is 2.06. The van der Waals surface area contributed by atoms with Gasteiger partial charge in [0.15, 0.2) is 0 Å². The van der Waals surface area contributed by atoms with Crippen LogP contribution in [0.4, 0.5) is 0 Å². The fraction of sp³-hybridized carbons (Fsp3) is 0.571. The highest BCUT2D eigenvalue weighted by Crippen LogP contribution is 2.22. The molecule has 0 unspecified atom stereocenters. The van der Waals surface area contributed by atoms with E-state index in [-0.39, 0.29) is 12.0 Å². The molecule has 0 amide bonds. The lowest BCUT2D eigenvalue weighted by molar-refractivity contribution is 0.496. The largest absolute Gasteiger partial charge is 0.312 e. The molecule has 3 nitrogen and oxygen atoms in total. The van der Waals surface area contributed by atoms with Gasteiger partial charge in [-0.3, -0.25) is 4.79 Å². The van der Waals surface area contributed by atoms with Crippen molar-refractivity contribution in [2.75, 3.05) is 0 Å². The lowest BCUT2D eigenvalue weighted by Gasteiger charge is -2.15. The van der Waals surface area contributed by atoms with Gasteiger partial charge in [-0.15, -0.1) is 0 Å². The summed E-state index contributed by atoms with van der Waals surface area (Å²) in [7, 11) is 0. The second-order valence-corrected chi connectivity index (χ2v) is 5.14. The molecule has 2 rings (SSSR count). The first-order valence-corrected chi connectivity index (χ1v) is 6.25. The van der Waals surface area contributed by atoms with Crippen LogP contribution in [0.15, 0.2) is 10.9 Å². The Hall–Kier alpha value is -1.56. The molecular formula is C14H18N2O. The van der Waals surface area contributed by atoms with Gasteiger partial charge in [0.25, 0.3) is 5.56 Å². The van der Waals surface area contributed by atoms with Gasteiger partial charge >= 0.3 is 0 Å². The molecule has 0 radical (unpaired) electrons. The molecular weight excluding hydrogens is 212 g/mol. The zero-order valence-electron chi connectivity index (χ0n) is 10.5. The average Bonchev–Trinajstić information content (AvgIpc) is 2.71. The van der Waals surface area contributed by atoms with Crippen LogP contribution in [0.2, 0.25) is 0 Å². The first-order chi connectivity index (χ1) is 8.13. The summed E-state index contributed by atoms with van der Waals surface area (Å²) in [6.45, 7) is 5.00. The van der Waals surface area contributed by atoms with Crippen molar-refractivity contribution in [3.05, 3.63) is 33.2 Å². The molecule has 0 saturated carbocycles. The van der Waals surface area contributed by atoms with Gasteiger partial charge in [-0.05, 0) is 36.8 Å². The molecule has 90 valence electrons. The van der Waals surface area contributed by atoms with Crippen LogP contribution >= 0.6 is 0 Å². The van der Waals surface area contributed by atoms with Crippen LogP contribution in [0.5, 0.6) is 0 Å². The number of nitriles is 1. The summed E-state index contributed by atoms with van der Waals surface area (Å²) in [6.07, 6.45) is 3.41. The molecule has 0 saturated heterocycles. The molecule has 0 atom stereocenters. The summed E-state index contributed by atoms with van der Waals surface area (Å²) in [5, 5.41) is 8.77. The zero-order chi connectivity index (χ0) is 12.4. The molecule has 1 aliphatic carbocycles. The Morgan fingerprint density at radius 3 is 2.88 bits per heavy atom. The number of aromatic nitrogens is 1. The third-order valence-electron chi connectivity index (χ3n) is 3.24. The minimum absolute atomic E-state index is 0.0425. The minimum atomic E-state index is 0.0425. The van der Waals surface area contributed by atoms with Crippen LogP contribution in [0.25, 0.3) is 0 Å². The van der Waals surface area contributed by atoms with E-state index in [1.807, 2.05) is 10.6 Å². The normalized spacial score (nSPS) is 13.8. The highest BCUT2D eigenvalue weighted by atomic mass is 16.1. The molecule has 0 aliphatic heterocycles. The summed E-state index contributed by atoms with van der Waals surface area (Å²) in [5.41, 5.74) is 3.18. The van der Waals surface area contributed by atoms with Crippen molar-refractivity contribution < 1.29 is 0 Å². The number of pyridine rings is 1. The van der Waals surface area contributed by atoms with Crippen LogP contribution < -0.4 is 5.56 Å². The molecule has 1 aliphatic rings. The first kappa shape index (κ1) is 11.9. The molecule has 0 aromatic carbocycles. The molecule has 0 bridgehead atoms. The molecule has 17 heavy (non-hydrogen) atoms. The second kappa shape index (κ2) is 4.75. The minimum Gasteiger partial charge on any atom is -0.312 e. The lowest BCUT2D eigenvalue weighted by Crippen LogP contribution is -2.28. The Labute approximate surface area is 102 Å². The van der Waals surface area contributed by atoms with E-state index in [1.165, 1.54) is 11.3 Å². The number of fused-ring (bicyclic) bond motifs is 1. The molecule has 1 aromatic rings. The summed E-state index contributed by atoms with van der Waals surface area (Å²) >= 11 is 0. The van der Waals surface area contributed by atoms with Crippen LogP contribution in [-0.2, 0) is 25.8 Å². The van der Waals surface area contributed by atoms with Crippen molar-refractivity contribution >= 4 is 0 Å². The van der Waals surface area contributed by atoms with Gasteiger partial charge in [0, 0.05) is 17.8 Å². The van der Waals surface area contributed by atoms with E-state index in [2.05, 4.69) is 19.9 Å². The Morgan fingerprint density at radius 1 is 1.47 bits per heavy atom. The van der Waals surface area contributed by atoms with Gasteiger partial charge in [0.2, 0.25) is 0 Å². The maximum absolute atomic E-state index is 12.3. The average molecular weight is 230 g/mol. The number of hydrogen-bond acceptors (Lipinski definition) is 2. The maximum Gasteiger partial charge on any atom is 0.255 e. The van der Waals surface area contributed by atoms with Crippen LogP contribution in [-0.4, -0.2) is 4.57 Å². The van der Waals surface area contributed by atoms with Crippen LogP contribution in [0.1, 0.15) is 37.1 Å². The Bertz CT molecular complexity index is 520. The second-order valence-electron chi connectivity index (χ2n) is 5.14. The molecule has 0 N–H and O–H groups in total. The van der Waals surface area contributed by atoms with Crippen molar-refractivity contribution in [2.24, 2.45) is 5.92 Å². The zero-order valence-corrected chi connectivity index (χ0v) is 10.5. The smallest absolute Gasteiger partial charge is 0.255 e. The summed E-state index contributed by atoms with van der Waals surface area (Å²) in [6, 6.07) is 4.03. The SMILES string of the molecule is CC(C)Cn1c2c(cc(CC#N)c1=O)CCC2. The van der Waals surface area contributed by atoms with Crippen molar-refractivity contribution in [3.8, 4) is 6.07 Å². The van der Waals surface area contributed by atoms with E-state index in [0.29, 0.717) is 11.5 Å². The van der Waals surface area contributed by atoms with Gasteiger partial charge in [-0.25, -0.2) is 0 Å². The van der Waals surface area contributed by atoms with Gasteiger partial charge in [-0.1, -0.05) is 13.8 Å². The van der Waals surface area contributed by atoms with Crippen molar-refractivity contribution in [3.63, 3.8) is 0 Å². The molecule has 0 spiro atoms. The molecule has 1 heterocycles. The lowest BCUT2D eigenvalue weighted by atomic mass is 10.1. The van der Waals surface area contributed by atoms with E-state index < -0.39 is 0 Å². The van der Waals surface area contributed by atoms with Gasteiger partial charge in [0.1, 0.15) is 0 Å². The van der Waals surface area contributed by atoms with Crippen LogP contribution in [0, 0.1) is 17.2 Å². The van der Waals surface area contributed by atoms with Gasteiger partial charge in [0.05, 0.1) is 12.5 Å². The fourth-order valence-electron chi connectivity index (χ4n) is 2.55. The van der Waals surface area contributed by atoms with E-state index in [0.717, 1.165) is 25.8 Å². The molecule has 0 fully saturated rings. The summed E-state index contributed by atoms with van der Waals surface area (Å²) < 4.78 is 1.90. The first-order valence-electron chi connectivity index (χ1n) is 6.25. The molecule has 1 aromatic heterocycles. The Morgan fingerprint density at radius 2 is 2.24 bits per heavy atom. The topological polar surface area (TPSA) is 45.8 Å². The van der Waals surface area contributed by atoms with Crippen molar-refractivity contribution in [1.29, 1.82) is 5.26 Å². The number of aryl methyl sites for hydroxylation is 1. The molecule has 3 heteroatoms. The number of rotatable bonds is 3. The Balaban J connectivity index is 2.55. The third-order valence-corrected chi connectivity index (χ3v) is 3.24.